The average molecular weight is 337 g/mol. The van der Waals surface area contributed by atoms with E-state index in [9.17, 15) is 9.90 Å². The van der Waals surface area contributed by atoms with Crippen LogP contribution in [0.1, 0.15) is 10.4 Å². The summed E-state index contributed by atoms with van der Waals surface area (Å²) < 4.78 is 4.75. The molecule has 120 valence electrons. The van der Waals surface area contributed by atoms with Gasteiger partial charge < -0.3 is 9.84 Å². The van der Waals surface area contributed by atoms with Crippen molar-refractivity contribution in [3.8, 4) is 5.75 Å². The number of carbonyl (C=O) groups is 1. The second kappa shape index (κ2) is 7.23. The minimum atomic E-state index is -0.342. The van der Waals surface area contributed by atoms with Gasteiger partial charge in [0.1, 0.15) is 5.75 Å². The molecule has 1 unspecified atom stereocenters. The highest BCUT2D eigenvalue weighted by atomic mass is 32.2. The molecule has 0 aromatic heterocycles. The van der Waals surface area contributed by atoms with E-state index in [1.807, 2.05) is 42.5 Å². The van der Waals surface area contributed by atoms with Crippen LogP contribution >= 0.6 is 0 Å². The Balaban J connectivity index is 2.05. The number of phenols is 1. The zero-order valence-corrected chi connectivity index (χ0v) is 14.0. The number of methoxy groups -OCH3 is 1. The maximum absolute atomic E-state index is 11.6. The monoisotopic (exact) mass is 337 g/mol. The number of phenolic OH excluding ortho intramolecular Hbond substituents is 1. The third-order valence-electron chi connectivity index (χ3n) is 3.56. The summed E-state index contributed by atoms with van der Waals surface area (Å²) in [6.45, 7) is 0. The number of benzene rings is 3. The summed E-state index contributed by atoms with van der Waals surface area (Å²) in [4.78, 5) is 15.0. The minimum Gasteiger partial charge on any atom is -0.508 e. The number of aromatic hydroxyl groups is 1. The number of ether oxygens (including phenoxy) is 1. The van der Waals surface area contributed by atoms with Crippen LogP contribution in [-0.4, -0.2) is 18.2 Å². The molecule has 3 nitrogen and oxygen atoms in total. The van der Waals surface area contributed by atoms with Crippen molar-refractivity contribution in [3.63, 3.8) is 0 Å². The summed E-state index contributed by atoms with van der Waals surface area (Å²) in [6, 6.07) is 24.9. The van der Waals surface area contributed by atoms with E-state index in [-0.39, 0.29) is 22.6 Å². The molecular weight excluding hydrogens is 320 g/mol. The quantitative estimate of drug-likeness (QED) is 0.571. The number of hydrogen-bond acceptors (Lipinski definition) is 3. The third-order valence-corrected chi connectivity index (χ3v) is 5.79. The van der Waals surface area contributed by atoms with Crippen molar-refractivity contribution in [1.29, 1.82) is 0 Å². The summed E-state index contributed by atoms with van der Waals surface area (Å²) in [5.74, 6) is -0.0952. The molecule has 24 heavy (non-hydrogen) atoms. The maximum Gasteiger partial charge on any atom is 0.337 e. The molecule has 3 aromatic rings. The van der Waals surface area contributed by atoms with E-state index < -0.39 is 0 Å². The molecule has 4 heteroatoms. The van der Waals surface area contributed by atoms with Gasteiger partial charge in [-0.05, 0) is 60.7 Å². The highest BCUT2D eigenvalue weighted by Crippen LogP contribution is 2.32. The number of hydrogen-bond donors (Lipinski definition) is 1. The average Bonchev–Trinajstić information content (AvgIpc) is 2.64. The zero-order chi connectivity index (χ0) is 16.9. The van der Waals surface area contributed by atoms with Crippen LogP contribution in [0.4, 0.5) is 0 Å². The number of esters is 1. The standard InChI is InChI=1S/C20H16O3S/c1-23-20(22)15-7-11-18(12-8-15)24(17-5-3-2-4-6-17)19-13-9-16(21)10-14-19/h2-14H,1H3/p+1. The van der Waals surface area contributed by atoms with Crippen molar-refractivity contribution in [2.24, 2.45) is 0 Å². The molecule has 0 aliphatic rings. The molecule has 0 saturated carbocycles. The van der Waals surface area contributed by atoms with E-state index in [1.165, 1.54) is 12.0 Å². The van der Waals surface area contributed by atoms with E-state index in [0.29, 0.717) is 5.56 Å². The molecule has 1 N–H and O–H groups in total. The van der Waals surface area contributed by atoms with Crippen molar-refractivity contribution < 1.29 is 14.6 Å². The van der Waals surface area contributed by atoms with Crippen molar-refractivity contribution in [3.05, 3.63) is 84.4 Å². The summed E-state index contributed by atoms with van der Waals surface area (Å²) in [5.41, 5.74) is 0.531. The Morgan fingerprint density at radius 3 is 1.83 bits per heavy atom. The first-order valence-electron chi connectivity index (χ1n) is 7.46. The van der Waals surface area contributed by atoms with Crippen LogP contribution in [0.25, 0.3) is 0 Å². The third kappa shape index (κ3) is 3.44. The van der Waals surface area contributed by atoms with Crippen molar-refractivity contribution >= 4 is 16.9 Å². The Hall–Kier alpha value is -2.72. The van der Waals surface area contributed by atoms with Crippen molar-refractivity contribution in [1.82, 2.24) is 0 Å². The molecule has 3 rings (SSSR count). The van der Waals surface area contributed by atoms with Crippen molar-refractivity contribution in [2.75, 3.05) is 7.11 Å². The van der Waals surface area contributed by atoms with Gasteiger partial charge in [0.2, 0.25) is 0 Å². The minimum absolute atomic E-state index is 0.247. The second-order valence-corrected chi connectivity index (χ2v) is 7.16. The van der Waals surface area contributed by atoms with Crippen molar-refractivity contribution in [2.45, 2.75) is 14.7 Å². The first-order chi connectivity index (χ1) is 11.7. The van der Waals surface area contributed by atoms with Gasteiger partial charge in [-0.3, -0.25) is 0 Å². The normalized spacial score (nSPS) is 11.7. The highest BCUT2D eigenvalue weighted by molar-refractivity contribution is 7.97. The first kappa shape index (κ1) is 16.1. The van der Waals surface area contributed by atoms with Crippen LogP contribution in [0.2, 0.25) is 0 Å². The molecule has 0 saturated heterocycles. The first-order valence-corrected chi connectivity index (χ1v) is 8.68. The summed E-state index contributed by atoms with van der Waals surface area (Å²) in [7, 11) is 1.07. The fraction of sp³-hybridized carbons (Fsp3) is 0.0500. The van der Waals surface area contributed by atoms with Gasteiger partial charge in [0.05, 0.1) is 23.6 Å². The SMILES string of the molecule is COC(=O)c1ccc([S+](c2ccccc2)c2ccc(O)cc2)cc1. The van der Waals surface area contributed by atoms with Gasteiger partial charge in [-0.25, -0.2) is 4.79 Å². The van der Waals surface area contributed by atoms with E-state index >= 15 is 0 Å². The molecule has 0 spiro atoms. The lowest BCUT2D eigenvalue weighted by molar-refractivity contribution is 0.0600. The lowest BCUT2D eigenvalue weighted by Gasteiger charge is -2.08. The molecule has 3 aromatic carbocycles. The fourth-order valence-electron chi connectivity index (χ4n) is 2.39. The van der Waals surface area contributed by atoms with Gasteiger partial charge in [0.25, 0.3) is 0 Å². The molecule has 0 heterocycles. The topological polar surface area (TPSA) is 46.5 Å². The van der Waals surface area contributed by atoms with E-state index in [1.54, 1.807) is 24.3 Å². The van der Waals surface area contributed by atoms with Crippen LogP contribution in [0, 0.1) is 0 Å². The number of carbonyl (C=O) groups excluding carboxylic acids is 1. The molecule has 0 aliphatic heterocycles. The van der Waals surface area contributed by atoms with Gasteiger partial charge in [-0.2, -0.15) is 0 Å². The maximum atomic E-state index is 11.6. The van der Waals surface area contributed by atoms with Crippen LogP contribution in [0.3, 0.4) is 0 Å². The van der Waals surface area contributed by atoms with Crippen LogP contribution in [0.5, 0.6) is 5.75 Å². The van der Waals surface area contributed by atoms with E-state index in [4.69, 9.17) is 4.74 Å². The summed E-state index contributed by atoms with van der Waals surface area (Å²) in [5, 5.41) is 9.56. The molecule has 0 amide bonds. The zero-order valence-electron chi connectivity index (χ0n) is 13.2. The van der Waals surface area contributed by atoms with E-state index in [0.717, 1.165) is 9.79 Å². The summed E-state index contributed by atoms with van der Waals surface area (Å²) in [6.07, 6.45) is 0. The molecule has 0 radical (unpaired) electrons. The Morgan fingerprint density at radius 2 is 1.29 bits per heavy atom. The predicted molar refractivity (Wildman–Crippen MR) is 94.5 cm³/mol. The Kier molecular flexibility index (Phi) is 4.87. The smallest absolute Gasteiger partial charge is 0.337 e. The van der Waals surface area contributed by atoms with Gasteiger partial charge in [0.15, 0.2) is 14.7 Å². The lowest BCUT2D eigenvalue weighted by Crippen LogP contribution is -2.06. The van der Waals surface area contributed by atoms with Crippen LogP contribution < -0.4 is 0 Å². The number of rotatable bonds is 4. The van der Waals surface area contributed by atoms with Gasteiger partial charge in [-0.1, -0.05) is 18.2 Å². The molecular formula is C20H17O3S+. The van der Waals surface area contributed by atoms with Gasteiger partial charge in [-0.15, -0.1) is 0 Å². The molecule has 0 aliphatic carbocycles. The largest absolute Gasteiger partial charge is 0.508 e. The Bertz CT molecular complexity index is 812. The van der Waals surface area contributed by atoms with E-state index in [2.05, 4.69) is 12.1 Å². The Morgan fingerprint density at radius 1 is 0.792 bits per heavy atom. The molecule has 0 bridgehead atoms. The highest BCUT2D eigenvalue weighted by Gasteiger charge is 2.28. The second-order valence-electron chi connectivity index (χ2n) is 5.13. The van der Waals surface area contributed by atoms with Crippen LogP contribution in [-0.2, 0) is 15.6 Å². The summed E-state index contributed by atoms with van der Waals surface area (Å²) >= 11 is 0. The molecule has 0 fully saturated rings. The van der Waals surface area contributed by atoms with Gasteiger partial charge >= 0.3 is 5.97 Å². The molecule has 1 atom stereocenters. The van der Waals surface area contributed by atoms with Gasteiger partial charge in [0, 0.05) is 0 Å². The van der Waals surface area contributed by atoms with Crippen LogP contribution in [0.15, 0.2) is 93.5 Å². The lowest BCUT2D eigenvalue weighted by atomic mass is 10.2. The fourth-order valence-corrected chi connectivity index (χ4v) is 4.45. The Labute approximate surface area is 143 Å². The predicted octanol–water partition coefficient (Wildman–Crippen LogP) is 4.27.